The summed E-state index contributed by atoms with van der Waals surface area (Å²) in [7, 11) is 0. The van der Waals surface area contributed by atoms with Gasteiger partial charge in [0.05, 0.1) is 12.1 Å². The van der Waals surface area contributed by atoms with Crippen LogP contribution in [0.1, 0.15) is 17.5 Å². The second-order valence-corrected chi connectivity index (χ2v) is 8.06. The molecule has 0 spiro atoms. The smallest absolute Gasteiger partial charge is 0.243 e. The maximum Gasteiger partial charge on any atom is 0.243 e. The van der Waals surface area contributed by atoms with E-state index in [1.807, 2.05) is 30.3 Å². The fourth-order valence-corrected chi connectivity index (χ4v) is 3.50. The lowest BCUT2D eigenvalue weighted by atomic mass is 10.0. The highest BCUT2D eigenvalue weighted by molar-refractivity contribution is 5.93. The van der Waals surface area contributed by atoms with Gasteiger partial charge in [0.1, 0.15) is 24.2 Å². The Balaban J connectivity index is 1.68. The van der Waals surface area contributed by atoms with Gasteiger partial charge in [-0.05, 0) is 29.7 Å². The van der Waals surface area contributed by atoms with Gasteiger partial charge in [0.2, 0.25) is 17.7 Å². The molecule has 0 aromatic heterocycles. The topological polar surface area (TPSA) is 172 Å². The Hall–Kier alpha value is -4.05. The van der Waals surface area contributed by atoms with Crippen molar-refractivity contribution in [3.05, 3.63) is 65.7 Å². The van der Waals surface area contributed by atoms with Crippen LogP contribution >= 0.6 is 0 Å². The van der Waals surface area contributed by atoms with Crippen LogP contribution in [-0.4, -0.2) is 59.5 Å². The van der Waals surface area contributed by atoms with Crippen LogP contribution in [0, 0.1) is 0 Å². The van der Waals surface area contributed by atoms with Crippen molar-refractivity contribution in [3.8, 4) is 5.75 Å². The molecule has 2 aromatic rings. The summed E-state index contributed by atoms with van der Waals surface area (Å²) >= 11 is 0. The summed E-state index contributed by atoms with van der Waals surface area (Å²) < 4.78 is 0. The third-order valence-corrected chi connectivity index (χ3v) is 5.36. The van der Waals surface area contributed by atoms with Gasteiger partial charge >= 0.3 is 0 Å². The maximum absolute atomic E-state index is 13.1. The first-order valence-electron chi connectivity index (χ1n) is 10.8. The molecule has 178 valence electrons. The molecule has 4 atom stereocenters. The first-order chi connectivity index (χ1) is 16.3. The van der Waals surface area contributed by atoms with Gasteiger partial charge in [0.15, 0.2) is 0 Å². The Labute approximate surface area is 197 Å². The van der Waals surface area contributed by atoms with Gasteiger partial charge in [-0.15, -0.1) is 0 Å². The molecule has 0 saturated heterocycles. The third-order valence-electron chi connectivity index (χ3n) is 5.36. The molecule has 0 fully saturated rings. The number of aromatic hydroxyl groups is 1. The number of benzene rings is 2. The number of rotatable bonds is 11. The fourth-order valence-electron chi connectivity index (χ4n) is 3.50. The van der Waals surface area contributed by atoms with Gasteiger partial charge in [0, 0.05) is 19.1 Å². The number of nitrogens with one attached hydrogen (secondary N) is 2. The minimum atomic E-state index is -1.02. The van der Waals surface area contributed by atoms with Crippen LogP contribution in [0.15, 0.2) is 64.6 Å². The van der Waals surface area contributed by atoms with Crippen molar-refractivity contribution in [2.24, 2.45) is 21.5 Å². The zero-order valence-corrected chi connectivity index (χ0v) is 18.5. The number of carbonyl (C=O) groups excluding carboxylic acids is 3. The number of amides is 3. The molecule has 2 aromatic carbocycles. The lowest BCUT2D eigenvalue weighted by molar-refractivity contribution is -0.131. The van der Waals surface area contributed by atoms with Gasteiger partial charge in [-0.25, -0.2) is 4.99 Å². The number of nitrogens with two attached hydrogens (primary N) is 2. The maximum atomic E-state index is 13.1. The second kappa shape index (κ2) is 11.7. The molecule has 1 aliphatic rings. The predicted octanol–water partition coefficient (Wildman–Crippen LogP) is -0.169. The lowest BCUT2D eigenvalue weighted by Gasteiger charge is -2.24. The van der Waals surface area contributed by atoms with Crippen molar-refractivity contribution in [3.63, 3.8) is 0 Å². The summed E-state index contributed by atoms with van der Waals surface area (Å²) in [6.07, 6.45) is 3.51. The molecule has 10 nitrogen and oxygen atoms in total. The third kappa shape index (κ3) is 7.24. The van der Waals surface area contributed by atoms with Gasteiger partial charge in [0.25, 0.3) is 0 Å². The number of aliphatic imine (C=N–C) groups is 2. The van der Waals surface area contributed by atoms with E-state index in [0.717, 1.165) is 5.56 Å². The highest BCUT2D eigenvalue weighted by atomic mass is 16.3. The first kappa shape index (κ1) is 24.6. The molecule has 0 bridgehead atoms. The standard InChI is InChI=1S/C24H28N6O4/c25-19(10-15-4-2-1-3-5-15)23(33)30-21(12-17-13-27-14-28-17)24(34)29-20(22(26)32)11-16-6-8-18(31)9-7-16/h1-9,13-14,17,19-21,31H,10-12,25H2,(H2,26,32)(H,29,34)(H,30,33). The van der Waals surface area contributed by atoms with Crippen LogP contribution in [0.2, 0.25) is 0 Å². The number of hydrogen-bond acceptors (Lipinski definition) is 7. The average molecular weight is 465 g/mol. The molecular formula is C24H28N6O4. The summed E-state index contributed by atoms with van der Waals surface area (Å²) in [4.78, 5) is 45.9. The highest BCUT2D eigenvalue weighted by Crippen LogP contribution is 2.12. The molecule has 10 heteroatoms. The largest absolute Gasteiger partial charge is 0.508 e. The molecule has 3 amide bonds. The number of hydrogen-bond donors (Lipinski definition) is 5. The van der Waals surface area contributed by atoms with Crippen LogP contribution in [-0.2, 0) is 27.2 Å². The van der Waals surface area contributed by atoms with E-state index < -0.39 is 41.9 Å². The van der Waals surface area contributed by atoms with E-state index in [9.17, 15) is 19.5 Å². The summed E-state index contributed by atoms with van der Waals surface area (Å²) in [5.41, 5.74) is 13.2. The van der Waals surface area contributed by atoms with Crippen LogP contribution in [0.4, 0.5) is 0 Å². The second-order valence-electron chi connectivity index (χ2n) is 8.06. The van der Waals surface area contributed by atoms with Crippen molar-refractivity contribution in [1.29, 1.82) is 0 Å². The minimum absolute atomic E-state index is 0.0804. The van der Waals surface area contributed by atoms with Gasteiger partial charge < -0.3 is 27.2 Å². The van der Waals surface area contributed by atoms with E-state index in [1.165, 1.54) is 18.5 Å². The van der Waals surface area contributed by atoms with Crippen molar-refractivity contribution in [2.45, 2.75) is 43.4 Å². The Morgan fingerprint density at radius 1 is 0.912 bits per heavy atom. The van der Waals surface area contributed by atoms with Gasteiger partial charge in [-0.2, -0.15) is 0 Å². The molecule has 3 rings (SSSR count). The predicted molar refractivity (Wildman–Crippen MR) is 128 cm³/mol. The molecule has 0 radical (unpaired) electrons. The number of phenolic OH excluding ortho intramolecular Hbond substituents is 1. The Morgan fingerprint density at radius 2 is 1.56 bits per heavy atom. The van der Waals surface area contributed by atoms with Crippen LogP contribution in [0.3, 0.4) is 0 Å². The van der Waals surface area contributed by atoms with Crippen LogP contribution < -0.4 is 22.1 Å². The summed E-state index contributed by atoms with van der Waals surface area (Å²) in [5, 5.41) is 14.7. The summed E-state index contributed by atoms with van der Waals surface area (Å²) in [6, 6.07) is 12.2. The van der Waals surface area contributed by atoms with E-state index in [0.29, 0.717) is 12.0 Å². The summed E-state index contributed by atoms with van der Waals surface area (Å²) in [6.45, 7) is 0. The normalized spacial score (nSPS) is 17.0. The molecule has 7 N–H and O–H groups in total. The van der Waals surface area contributed by atoms with Crippen molar-refractivity contribution < 1.29 is 19.5 Å². The number of primary amides is 1. The monoisotopic (exact) mass is 464 g/mol. The molecular weight excluding hydrogens is 436 g/mol. The Kier molecular flexibility index (Phi) is 8.47. The van der Waals surface area contributed by atoms with Gasteiger partial charge in [-0.3, -0.25) is 19.4 Å². The van der Waals surface area contributed by atoms with Gasteiger partial charge in [-0.1, -0.05) is 42.5 Å². The summed E-state index contributed by atoms with van der Waals surface area (Å²) in [5.74, 6) is -1.74. The number of carbonyl (C=O) groups is 3. The number of phenols is 1. The first-order valence-corrected chi connectivity index (χ1v) is 10.8. The average Bonchev–Trinajstić information content (AvgIpc) is 3.33. The quantitative estimate of drug-likeness (QED) is 0.310. The van der Waals surface area contributed by atoms with Crippen LogP contribution in [0.25, 0.3) is 0 Å². The molecule has 0 aliphatic carbocycles. The van der Waals surface area contributed by atoms with E-state index in [2.05, 4.69) is 20.6 Å². The molecule has 34 heavy (non-hydrogen) atoms. The van der Waals surface area contributed by atoms with Crippen LogP contribution in [0.5, 0.6) is 5.75 Å². The van der Waals surface area contributed by atoms with E-state index in [1.54, 1.807) is 18.3 Å². The number of nitrogens with zero attached hydrogens (tertiary/aromatic N) is 2. The lowest BCUT2D eigenvalue weighted by Crippen LogP contribution is -2.56. The van der Waals surface area contributed by atoms with E-state index in [-0.39, 0.29) is 18.6 Å². The molecule has 1 heterocycles. The minimum Gasteiger partial charge on any atom is -0.508 e. The highest BCUT2D eigenvalue weighted by Gasteiger charge is 2.29. The zero-order valence-electron chi connectivity index (χ0n) is 18.5. The molecule has 1 aliphatic heterocycles. The zero-order chi connectivity index (χ0) is 24.5. The fraction of sp³-hybridized carbons (Fsp3) is 0.292. The van der Waals surface area contributed by atoms with E-state index >= 15 is 0 Å². The Morgan fingerprint density at radius 3 is 2.18 bits per heavy atom. The van der Waals surface area contributed by atoms with E-state index in [4.69, 9.17) is 11.5 Å². The van der Waals surface area contributed by atoms with Crippen molar-refractivity contribution >= 4 is 30.3 Å². The van der Waals surface area contributed by atoms with Crippen molar-refractivity contribution in [1.82, 2.24) is 10.6 Å². The Bertz CT molecular complexity index is 1040. The molecule has 4 unspecified atom stereocenters. The van der Waals surface area contributed by atoms with Crippen molar-refractivity contribution in [2.75, 3.05) is 0 Å². The SMILES string of the molecule is NC(=O)C(Cc1ccc(O)cc1)NC(=O)C(CC1C=NC=N1)NC(=O)C(N)Cc1ccccc1. The molecule has 0 saturated carbocycles.